The third-order valence-electron chi connectivity index (χ3n) is 11.4. The molecule has 0 amide bonds. The lowest BCUT2D eigenvalue weighted by Crippen LogP contribution is -2.56. The lowest BCUT2D eigenvalue weighted by molar-refractivity contribution is -0.154. The average Bonchev–Trinajstić information content (AvgIpc) is 3.75. The molecule has 5 aliphatic rings. The van der Waals surface area contributed by atoms with Crippen molar-refractivity contribution in [1.82, 2.24) is 20.2 Å². The Morgan fingerprint density at radius 2 is 1.90 bits per heavy atom. The number of rotatable bonds is 7. The van der Waals surface area contributed by atoms with E-state index in [0.717, 1.165) is 64.8 Å². The van der Waals surface area contributed by atoms with Crippen LogP contribution in [0.25, 0.3) is 32.8 Å². The molecule has 248 valence electrons. The third kappa shape index (κ3) is 5.15. The van der Waals surface area contributed by atoms with Gasteiger partial charge < -0.3 is 24.8 Å². The maximum absolute atomic E-state index is 16.9. The molecule has 2 atom stereocenters. The number of nitrogens with zero attached hydrogens (tertiary/aromatic N) is 4. The van der Waals surface area contributed by atoms with Gasteiger partial charge >= 0.3 is 6.01 Å². The number of hydrogen-bond donors (Lipinski definition) is 2. The Hall–Kier alpha value is -4.04. The largest absolute Gasteiger partial charge is 0.508 e. The van der Waals surface area contributed by atoms with Gasteiger partial charge in [0, 0.05) is 72.1 Å². The van der Waals surface area contributed by atoms with E-state index in [0.29, 0.717) is 47.2 Å². The standard InChI is InChI=1S/C38H39F2N5O3/c1-2-23-5-3-6-24-15-27(46)16-28(31(23)24)32-30(39)17-29-34(33(32)40)42-36(43-35(29)45-18-25-7-8-26(19-45)41-25)47-22-37(11-12-37)20-44-13-14-48-38(21-44)9-4-10-38/h1,3,5-6,15-17,25-26,41,46H,4,7-14,18-22H2. The number of halogens is 2. The summed E-state index contributed by atoms with van der Waals surface area (Å²) in [5.41, 5.74) is 0.358. The fourth-order valence-corrected chi connectivity index (χ4v) is 8.56. The molecule has 2 aliphatic carbocycles. The highest BCUT2D eigenvalue weighted by atomic mass is 19.1. The molecule has 0 radical (unpaired) electrons. The molecule has 4 heterocycles. The van der Waals surface area contributed by atoms with Gasteiger partial charge in [-0.05, 0) is 74.6 Å². The van der Waals surface area contributed by atoms with Crippen LogP contribution in [0.15, 0.2) is 36.4 Å². The molecular weight excluding hydrogens is 612 g/mol. The fourth-order valence-electron chi connectivity index (χ4n) is 8.56. The second kappa shape index (κ2) is 11.3. The molecule has 2 bridgehead atoms. The molecule has 1 spiro atoms. The van der Waals surface area contributed by atoms with E-state index in [1.807, 2.05) is 0 Å². The first-order valence-corrected chi connectivity index (χ1v) is 17.2. The van der Waals surface area contributed by atoms with Crippen LogP contribution >= 0.6 is 0 Å². The Morgan fingerprint density at radius 1 is 1.08 bits per heavy atom. The number of morpholine rings is 1. The molecule has 9 rings (SSSR count). The van der Waals surface area contributed by atoms with Crippen molar-refractivity contribution in [2.24, 2.45) is 5.41 Å². The van der Waals surface area contributed by atoms with Crippen molar-refractivity contribution in [2.45, 2.75) is 62.6 Å². The molecule has 8 nitrogen and oxygen atoms in total. The molecule has 10 heteroatoms. The van der Waals surface area contributed by atoms with Gasteiger partial charge in [0.2, 0.25) is 0 Å². The van der Waals surface area contributed by atoms with E-state index in [9.17, 15) is 5.11 Å². The maximum atomic E-state index is 16.9. The molecule has 2 N–H and O–H groups in total. The first kappa shape index (κ1) is 30.1. The Kier molecular flexibility index (Phi) is 7.05. The molecule has 1 aromatic heterocycles. The topological polar surface area (TPSA) is 83.0 Å². The van der Waals surface area contributed by atoms with Crippen LogP contribution in [0.3, 0.4) is 0 Å². The van der Waals surface area contributed by atoms with Crippen molar-refractivity contribution < 1.29 is 23.4 Å². The number of aromatic nitrogens is 2. The van der Waals surface area contributed by atoms with Crippen LogP contribution in [0.1, 0.15) is 50.5 Å². The van der Waals surface area contributed by atoms with Crippen molar-refractivity contribution in [2.75, 3.05) is 50.8 Å². The number of aromatic hydroxyl groups is 1. The number of nitrogens with one attached hydrogen (secondary N) is 1. The normalized spacial score (nSPS) is 24.1. The van der Waals surface area contributed by atoms with Crippen molar-refractivity contribution in [1.29, 1.82) is 0 Å². The minimum atomic E-state index is -0.837. The smallest absolute Gasteiger partial charge is 0.319 e. The molecule has 5 fully saturated rings. The summed E-state index contributed by atoms with van der Waals surface area (Å²) < 4.78 is 45.8. The highest BCUT2D eigenvalue weighted by Gasteiger charge is 2.48. The lowest BCUT2D eigenvalue weighted by Gasteiger charge is -2.49. The van der Waals surface area contributed by atoms with Gasteiger partial charge in [-0.25, -0.2) is 8.78 Å². The molecule has 4 aromatic rings. The number of benzene rings is 3. The van der Waals surface area contributed by atoms with Gasteiger partial charge in [-0.1, -0.05) is 18.1 Å². The fraction of sp³-hybridized carbons (Fsp3) is 0.474. The molecule has 2 saturated carbocycles. The Morgan fingerprint density at radius 3 is 2.62 bits per heavy atom. The molecule has 3 aromatic carbocycles. The monoisotopic (exact) mass is 651 g/mol. The van der Waals surface area contributed by atoms with Crippen molar-refractivity contribution >= 4 is 27.5 Å². The number of hydrogen-bond acceptors (Lipinski definition) is 8. The van der Waals surface area contributed by atoms with Crippen molar-refractivity contribution in [3.63, 3.8) is 0 Å². The van der Waals surface area contributed by atoms with Gasteiger partial charge in [-0.15, -0.1) is 6.42 Å². The summed E-state index contributed by atoms with van der Waals surface area (Å²) in [6.07, 6.45) is 13.5. The number of anilines is 1. The van der Waals surface area contributed by atoms with E-state index in [-0.39, 0.29) is 51.5 Å². The average molecular weight is 652 g/mol. The van der Waals surface area contributed by atoms with Crippen molar-refractivity contribution in [3.8, 4) is 35.2 Å². The zero-order chi connectivity index (χ0) is 32.6. The minimum absolute atomic E-state index is 0.00643. The molecule has 3 aliphatic heterocycles. The first-order chi connectivity index (χ1) is 23.3. The second-order valence-electron chi connectivity index (χ2n) is 14.7. The van der Waals surface area contributed by atoms with E-state index in [4.69, 9.17) is 20.9 Å². The maximum Gasteiger partial charge on any atom is 0.319 e. The molecule has 3 saturated heterocycles. The molecular formula is C38H39F2N5O3. The van der Waals surface area contributed by atoms with Crippen LogP contribution in [0.4, 0.5) is 14.6 Å². The zero-order valence-electron chi connectivity index (χ0n) is 26.9. The number of ether oxygens (including phenoxy) is 2. The summed E-state index contributed by atoms with van der Waals surface area (Å²) in [4.78, 5) is 14.1. The van der Waals surface area contributed by atoms with E-state index >= 15 is 8.78 Å². The van der Waals surface area contributed by atoms with Gasteiger partial charge in [0.25, 0.3) is 0 Å². The predicted octanol–water partition coefficient (Wildman–Crippen LogP) is 5.77. The Labute approximate surface area is 278 Å². The number of phenolic OH excluding ortho intramolecular Hbond substituents is 1. The zero-order valence-corrected chi connectivity index (χ0v) is 26.9. The summed E-state index contributed by atoms with van der Waals surface area (Å²) >= 11 is 0. The number of terminal acetylenes is 1. The number of phenols is 1. The second-order valence-corrected chi connectivity index (χ2v) is 14.7. The van der Waals surface area contributed by atoms with Crippen LogP contribution in [0.2, 0.25) is 0 Å². The lowest BCUT2D eigenvalue weighted by atomic mass is 9.78. The first-order valence-electron chi connectivity index (χ1n) is 17.2. The van der Waals surface area contributed by atoms with Gasteiger partial charge in [-0.2, -0.15) is 9.97 Å². The van der Waals surface area contributed by atoms with Gasteiger partial charge in [0.15, 0.2) is 5.82 Å². The summed E-state index contributed by atoms with van der Waals surface area (Å²) in [6, 6.07) is 10.1. The summed E-state index contributed by atoms with van der Waals surface area (Å²) in [5.74, 6) is 1.38. The van der Waals surface area contributed by atoms with E-state index in [2.05, 4.69) is 26.0 Å². The Bertz CT molecular complexity index is 1980. The summed E-state index contributed by atoms with van der Waals surface area (Å²) in [6.45, 7) is 5.34. The minimum Gasteiger partial charge on any atom is -0.508 e. The quantitative estimate of drug-likeness (QED) is 0.244. The van der Waals surface area contributed by atoms with Gasteiger partial charge in [0.05, 0.1) is 24.4 Å². The SMILES string of the molecule is C#Cc1cccc2cc(O)cc(-c3c(F)cc4c(N5CC6CCC(C5)N6)nc(OCC5(CN6CCOC7(CCC7)C6)CC5)nc4c3F)c12. The highest BCUT2D eigenvalue weighted by Crippen LogP contribution is 2.48. The van der Waals surface area contributed by atoms with Crippen LogP contribution in [0.5, 0.6) is 11.8 Å². The van der Waals surface area contributed by atoms with Crippen LogP contribution in [0, 0.1) is 29.4 Å². The number of piperazine rings is 1. The molecule has 2 unspecified atom stereocenters. The van der Waals surface area contributed by atoms with Crippen molar-refractivity contribution in [3.05, 3.63) is 53.6 Å². The van der Waals surface area contributed by atoms with Gasteiger partial charge in [-0.3, -0.25) is 4.90 Å². The third-order valence-corrected chi connectivity index (χ3v) is 11.4. The molecule has 48 heavy (non-hydrogen) atoms. The van der Waals surface area contributed by atoms with Crippen LogP contribution in [-0.2, 0) is 4.74 Å². The van der Waals surface area contributed by atoms with E-state index in [1.165, 1.54) is 24.6 Å². The van der Waals surface area contributed by atoms with Crippen LogP contribution < -0.4 is 15.0 Å². The summed E-state index contributed by atoms with van der Waals surface area (Å²) in [7, 11) is 0. The number of fused-ring (bicyclic) bond motifs is 4. The highest BCUT2D eigenvalue weighted by molar-refractivity contribution is 6.04. The van der Waals surface area contributed by atoms with Gasteiger partial charge in [0.1, 0.15) is 22.9 Å². The van der Waals surface area contributed by atoms with Crippen LogP contribution in [-0.4, -0.2) is 83.6 Å². The predicted molar refractivity (Wildman–Crippen MR) is 180 cm³/mol. The van der Waals surface area contributed by atoms with E-state index in [1.54, 1.807) is 18.2 Å². The Balaban J connectivity index is 1.11. The van der Waals surface area contributed by atoms with E-state index < -0.39 is 11.6 Å². The summed E-state index contributed by atoms with van der Waals surface area (Å²) in [5, 5.41) is 15.6.